The number of aromatic hydroxyl groups is 1. The van der Waals surface area contributed by atoms with E-state index in [1.807, 2.05) is 24.3 Å². The highest BCUT2D eigenvalue weighted by molar-refractivity contribution is 7.95. The molecular formula is C20H26N2O6S2. The molecule has 0 aliphatic carbocycles. The van der Waals surface area contributed by atoms with Gasteiger partial charge in [0.15, 0.2) is 9.84 Å². The number of hydrogen-bond donors (Lipinski definition) is 1. The molecule has 0 bridgehead atoms. The predicted molar refractivity (Wildman–Crippen MR) is 115 cm³/mol. The molecule has 0 amide bonds. The Morgan fingerprint density at radius 1 is 1.13 bits per heavy atom. The molecule has 2 aliphatic rings. The number of sulfonamides is 1. The van der Waals surface area contributed by atoms with Gasteiger partial charge < -0.3 is 9.84 Å². The Morgan fingerprint density at radius 2 is 1.83 bits per heavy atom. The van der Waals surface area contributed by atoms with E-state index in [0.29, 0.717) is 38.5 Å². The Labute approximate surface area is 177 Å². The fourth-order valence-electron chi connectivity index (χ4n) is 4.21. The van der Waals surface area contributed by atoms with Gasteiger partial charge in [-0.1, -0.05) is 12.1 Å². The molecule has 1 unspecified atom stereocenters. The zero-order chi connectivity index (χ0) is 21.5. The lowest BCUT2D eigenvalue weighted by molar-refractivity contribution is 0.180. The third-order valence-electron chi connectivity index (χ3n) is 6.00. The largest absolute Gasteiger partial charge is 0.508 e. The SMILES string of the molecule is COc1ccc2ccc(O)c(CN3CCN(S(=O)(=O)C4CCS(=O)(=O)C4)CC3)c2c1. The first-order valence-electron chi connectivity index (χ1n) is 9.90. The molecule has 0 radical (unpaired) electrons. The monoisotopic (exact) mass is 454 g/mol. The third kappa shape index (κ3) is 4.14. The highest BCUT2D eigenvalue weighted by Crippen LogP contribution is 2.32. The molecule has 8 nitrogen and oxygen atoms in total. The Kier molecular flexibility index (Phi) is 5.69. The van der Waals surface area contributed by atoms with Crippen LogP contribution in [0.5, 0.6) is 11.5 Å². The summed E-state index contributed by atoms with van der Waals surface area (Å²) in [5.74, 6) is 0.570. The van der Waals surface area contributed by atoms with Crippen LogP contribution in [-0.2, 0) is 26.4 Å². The van der Waals surface area contributed by atoms with Gasteiger partial charge in [0, 0.05) is 38.3 Å². The van der Waals surface area contributed by atoms with Crippen molar-refractivity contribution in [2.24, 2.45) is 0 Å². The molecule has 2 fully saturated rings. The molecule has 10 heteroatoms. The second-order valence-electron chi connectivity index (χ2n) is 7.90. The number of hydrogen-bond acceptors (Lipinski definition) is 7. The first-order valence-corrected chi connectivity index (χ1v) is 13.2. The average molecular weight is 455 g/mol. The van der Waals surface area contributed by atoms with E-state index in [1.54, 1.807) is 13.2 Å². The first kappa shape index (κ1) is 21.4. The minimum atomic E-state index is -3.62. The van der Waals surface area contributed by atoms with Crippen LogP contribution < -0.4 is 4.74 Å². The minimum Gasteiger partial charge on any atom is -0.508 e. The van der Waals surface area contributed by atoms with Crippen LogP contribution >= 0.6 is 0 Å². The molecule has 2 aromatic rings. The summed E-state index contributed by atoms with van der Waals surface area (Å²) in [6, 6.07) is 9.23. The van der Waals surface area contributed by atoms with Crippen LogP contribution in [0, 0.1) is 0 Å². The molecule has 2 saturated heterocycles. The lowest BCUT2D eigenvalue weighted by Crippen LogP contribution is -2.51. The van der Waals surface area contributed by atoms with E-state index < -0.39 is 25.1 Å². The molecule has 1 atom stereocenters. The van der Waals surface area contributed by atoms with Crippen LogP contribution in [0.2, 0.25) is 0 Å². The smallest absolute Gasteiger partial charge is 0.218 e. The van der Waals surface area contributed by atoms with Gasteiger partial charge in [-0.2, -0.15) is 4.31 Å². The van der Waals surface area contributed by atoms with Crippen LogP contribution in [0.4, 0.5) is 0 Å². The van der Waals surface area contributed by atoms with Gasteiger partial charge in [0.1, 0.15) is 11.5 Å². The van der Waals surface area contributed by atoms with E-state index in [-0.39, 0.29) is 23.7 Å². The van der Waals surface area contributed by atoms with Crippen LogP contribution in [0.1, 0.15) is 12.0 Å². The van der Waals surface area contributed by atoms with Gasteiger partial charge in [-0.05, 0) is 35.4 Å². The fourth-order valence-corrected chi connectivity index (χ4v) is 8.73. The molecule has 4 rings (SSSR count). The number of phenolic OH excluding ortho intramolecular Hbond substituents is 1. The fraction of sp³-hybridized carbons (Fsp3) is 0.500. The molecule has 2 aromatic carbocycles. The van der Waals surface area contributed by atoms with E-state index in [1.165, 1.54) is 4.31 Å². The van der Waals surface area contributed by atoms with Gasteiger partial charge in [0.25, 0.3) is 0 Å². The second kappa shape index (κ2) is 7.99. The van der Waals surface area contributed by atoms with Crippen molar-refractivity contribution in [1.29, 1.82) is 0 Å². The zero-order valence-electron chi connectivity index (χ0n) is 16.8. The number of rotatable bonds is 5. The second-order valence-corrected chi connectivity index (χ2v) is 12.3. The average Bonchev–Trinajstić information content (AvgIpc) is 3.10. The molecule has 2 aliphatic heterocycles. The first-order chi connectivity index (χ1) is 14.2. The lowest BCUT2D eigenvalue weighted by atomic mass is 10.0. The van der Waals surface area contributed by atoms with Gasteiger partial charge >= 0.3 is 0 Å². The molecule has 1 N–H and O–H groups in total. The van der Waals surface area contributed by atoms with Gasteiger partial charge in [0.05, 0.1) is 23.9 Å². The maximum Gasteiger partial charge on any atom is 0.218 e. The molecule has 164 valence electrons. The van der Waals surface area contributed by atoms with E-state index in [9.17, 15) is 21.9 Å². The summed E-state index contributed by atoms with van der Waals surface area (Å²) >= 11 is 0. The lowest BCUT2D eigenvalue weighted by Gasteiger charge is -2.35. The van der Waals surface area contributed by atoms with Crippen LogP contribution in [0.3, 0.4) is 0 Å². The Bertz CT molecular complexity index is 1160. The molecule has 0 saturated carbocycles. The molecule has 30 heavy (non-hydrogen) atoms. The van der Waals surface area contributed by atoms with E-state index in [2.05, 4.69) is 4.90 Å². The Morgan fingerprint density at radius 3 is 2.47 bits per heavy atom. The maximum atomic E-state index is 12.8. The number of phenols is 1. The predicted octanol–water partition coefficient (Wildman–Crippen LogP) is 1.19. The summed E-state index contributed by atoms with van der Waals surface area (Å²) in [5.41, 5.74) is 0.782. The molecular weight excluding hydrogens is 428 g/mol. The normalized spacial score (nSPS) is 23.0. The number of sulfone groups is 1. The summed E-state index contributed by atoms with van der Waals surface area (Å²) in [7, 11) is -5.28. The summed E-state index contributed by atoms with van der Waals surface area (Å²) in [6.07, 6.45) is 0.177. The van der Waals surface area contributed by atoms with Crippen molar-refractivity contribution in [3.05, 3.63) is 35.9 Å². The Balaban J connectivity index is 1.47. The summed E-state index contributed by atoms with van der Waals surface area (Å²) in [5, 5.41) is 11.5. The van der Waals surface area contributed by atoms with Gasteiger partial charge in [-0.15, -0.1) is 0 Å². The van der Waals surface area contributed by atoms with Crippen LogP contribution in [-0.4, -0.2) is 81.2 Å². The van der Waals surface area contributed by atoms with Crippen molar-refractivity contribution in [3.63, 3.8) is 0 Å². The summed E-state index contributed by atoms with van der Waals surface area (Å²) < 4.78 is 55.8. The van der Waals surface area contributed by atoms with E-state index in [0.717, 1.165) is 16.3 Å². The van der Waals surface area contributed by atoms with Crippen molar-refractivity contribution in [2.75, 3.05) is 44.8 Å². The minimum absolute atomic E-state index is 0.0549. The standard InChI is InChI=1S/C20H26N2O6S2/c1-28-16-4-2-15-3-5-20(23)19(18(15)12-16)13-21-7-9-22(10-8-21)30(26,27)17-6-11-29(24,25)14-17/h2-5,12,17,23H,6-11,13-14H2,1H3. The summed E-state index contributed by atoms with van der Waals surface area (Å²) in [4.78, 5) is 2.10. The maximum absolute atomic E-state index is 12.8. The number of fused-ring (bicyclic) bond motifs is 1. The number of ether oxygens (including phenoxy) is 1. The van der Waals surface area contributed by atoms with Crippen LogP contribution in [0.15, 0.2) is 30.3 Å². The van der Waals surface area contributed by atoms with Gasteiger partial charge in [-0.25, -0.2) is 16.8 Å². The van der Waals surface area contributed by atoms with Crippen molar-refractivity contribution in [3.8, 4) is 11.5 Å². The van der Waals surface area contributed by atoms with Crippen molar-refractivity contribution < 1.29 is 26.7 Å². The van der Waals surface area contributed by atoms with Crippen molar-refractivity contribution in [2.45, 2.75) is 18.2 Å². The number of nitrogens with zero attached hydrogens (tertiary/aromatic N) is 2. The number of piperazine rings is 1. The molecule has 0 aromatic heterocycles. The highest BCUT2D eigenvalue weighted by Gasteiger charge is 2.41. The van der Waals surface area contributed by atoms with Crippen LogP contribution in [0.25, 0.3) is 10.8 Å². The summed E-state index contributed by atoms with van der Waals surface area (Å²) in [6.45, 7) is 2.14. The van der Waals surface area contributed by atoms with E-state index >= 15 is 0 Å². The quantitative estimate of drug-likeness (QED) is 0.724. The topological polar surface area (TPSA) is 104 Å². The number of methoxy groups -OCH3 is 1. The van der Waals surface area contributed by atoms with Gasteiger partial charge in [0.2, 0.25) is 10.0 Å². The van der Waals surface area contributed by atoms with Gasteiger partial charge in [-0.3, -0.25) is 4.90 Å². The Hall–Kier alpha value is -1.88. The number of benzene rings is 2. The molecule has 2 heterocycles. The van der Waals surface area contributed by atoms with Crippen molar-refractivity contribution in [1.82, 2.24) is 9.21 Å². The van der Waals surface area contributed by atoms with E-state index in [4.69, 9.17) is 4.74 Å². The zero-order valence-corrected chi connectivity index (χ0v) is 18.5. The third-order valence-corrected chi connectivity index (χ3v) is 10.3. The molecule has 0 spiro atoms. The highest BCUT2D eigenvalue weighted by atomic mass is 32.2. The van der Waals surface area contributed by atoms with Crippen molar-refractivity contribution >= 4 is 30.6 Å².